The average Bonchev–Trinajstić information content (AvgIpc) is 3.48. The van der Waals surface area contributed by atoms with Gasteiger partial charge in [0.15, 0.2) is 5.69 Å². The fourth-order valence-electron chi connectivity index (χ4n) is 5.54. The summed E-state index contributed by atoms with van der Waals surface area (Å²) in [5.74, 6) is 0.825. The van der Waals surface area contributed by atoms with E-state index in [1.807, 2.05) is 29.3 Å². The second-order valence-corrected chi connectivity index (χ2v) is 9.34. The van der Waals surface area contributed by atoms with Crippen LogP contribution in [0.15, 0.2) is 24.4 Å². The Bertz CT molecular complexity index is 893. The van der Waals surface area contributed by atoms with Crippen molar-refractivity contribution in [2.75, 3.05) is 52.5 Å². The molecule has 5 heterocycles. The van der Waals surface area contributed by atoms with Gasteiger partial charge in [-0.05, 0) is 76.8 Å². The number of hydrogen-bond acceptors (Lipinski definition) is 5. The van der Waals surface area contributed by atoms with Crippen LogP contribution in [-0.4, -0.2) is 88.5 Å². The van der Waals surface area contributed by atoms with E-state index in [0.29, 0.717) is 38.0 Å². The van der Waals surface area contributed by atoms with Gasteiger partial charge >= 0.3 is 0 Å². The molecule has 2 aromatic heterocycles. The molecule has 0 aliphatic carbocycles. The smallest absolute Gasteiger partial charge is 0.274 e. The van der Waals surface area contributed by atoms with Crippen molar-refractivity contribution in [1.29, 1.82) is 0 Å². The Balaban J connectivity index is 1.30. The number of morpholine rings is 1. The Morgan fingerprint density at radius 3 is 2.58 bits per heavy atom. The third-order valence-electron chi connectivity index (χ3n) is 7.53. The number of piperidine rings is 1. The molecule has 7 nitrogen and oxygen atoms in total. The number of carbonyl (C=O) groups excluding carboxylic acids is 1. The predicted molar refractivity (Wildman–Crippen MR) is 120 cm³/mol. The van der Waals surface area contributed by atoms with Gasteiger partial charge in [-0.3, -0.25) is 9.69 Å². The summed E-state index contributed by atoms with van der Waals surface area (Å²) in [7, 11) is 0. The molecule has 0 radical (unpaired) electrons. The van der Waals surface area contributed by atoms with Crippen LogP contribution < -0.4 is 0 Å². The number of pyridine rings is 1. The van der Waals surface area contributed by atoms with E-state index < -0.39 is 0 Å². The lowest BCUT2D eigenvalue weighted by Gasteiger charge is -2.38. The highest BCUT2D eigenvalue weighted by molar-refractivity contribution is 5.94. The Hall–Kier alpha value is -1.96. The van der Waals surface area contributed by atoms with Gasteiger partial charge in [0.25, 0.3) is 5.91 Å². The van der Waals surface area contributed by atoms with Gasteiger partial charge in [0.1, 0.15) is 5.65 Å². The summed E-state index contributed by atoms with van der Waals surface area (Å²) in [6.45, 7) is 10.4. The van der Waals surface area contributed by atoms with Crippen molar-refractivity contribution >= 4 is 11.6 Å². The molecular weight excluding hydrogens is 390 g/mol. The second kappa shape index (κ2) is 9.27. The number of fused-ring (bicyclic) bond motifs is 1. The summed E-state index contributed by atoms with van der Waals surface area (Å²) in [5, 5.41) is 0. The maximum atomic E-state index is 13.3. The lowest BCUT2D eigenvalue weighted by atomic mass is 9.89. The van der Waals surface area contributed by atoms with Gasteiger partial charge < -0.3 is 18.9 Å². The molecular formula is C24H35N5O2. The molecule has 3 aliphatic heterocycles. The number of imidazole rings is 1. The van der Waals surface area contributed by atoms with Gasteiger partial charge in [0, 0.05) is 31.9 Å². The van der Waals surface area contributed by atoms with E-state index >= 15 is 0 Å². The van der Waals surface area contributed by atoms with Crippen LogP contribution in [0.4, 0.5) is 0 Å². The van der Waals surface area contributed by atoms with Gasteiger partial charge in [-0.2, -0.15) is 0 Å². The topological polar surface area (TPSA) is 53.3 Å². The summed E-state index contributed by atoms with van der Waals surface area (Å²) in [5.41, 5.74) is 2.49. The first-order valence-corrected chi connectivity index (χ1v) is 12.0. The minimum Gasteiger partial charge on any atom is -0.378 e. The van der Waals surface area contributed by atoms with Crippen molar-refractivity contribution in [2.24, 2.45) is 5.92 Å². The number of likely N-dealkylation sites (tertiary alicyclic amines) is 2. The van der Waals surface area contributed by atoms with E-state index in [9.17, 15) is 4.79 Å². The fraction of sp³-hybridized carbons (Fsp3) is 0.667. The Labute approximate surface area is 185 Å². The maximum Gasteiger partial charge on any atom is 0.274 e. The van der Waals surface area contributed by atoms with E-state index in [4.69, 9.17) is 9.72 Å². The largest absolute Gasteiger partial charge is 0.378 e. The van der Waals surface area contributed by atoms with Crippen molar-refractivity contribution in [3.8, 4) is 0 Å². The molecule has 31 heavy (non-hydrogen) atoms. The molecule has 2 aromatic rings. The van der Waals surface area contributed by atoms with Crippen molar-refractivity contribution in [1.82, 2.24) is 24.1 Å². The third-order valence-corrected chi connectivity index (χ3v) is 7.53. The van der Waals surface area contributed by atoms with Gasteiger partial charge in [0.2, 0.25) is 0 Å². The molecule has 3 saturated heterocycles. The molecule has 0 aromatic carbocycles. The van der Waals surface area contributed by atoms with Gasteiger partial charge in [0.05, 0.1) is 18.9 Å². The first-order chi connectivity index (χ1) is 15.2. The van der Waals surface area contributed by atoms with Gasteiger partial charge in [-0.1, -0.05) is 6.07 Å². The zero-order valence-corrected chi connectivity index (χ0v) is 18.7. The maximum absolute atomic E-state index is 13.3. The molecule has 3 aliphatic rings. The summed E-state index contributed by atoms with van der Waals surface area (Å²) in [4.78, 5) is 25.1. The van der Waals surface area contributed by atoms with Gasteiger partial charge in [-0.25, -0.2) is 4.98 Å². The fourth-order valence-corrected chi connectivity index (χ4v) is 5.54. The first-order valence-electron chi connectivity index (χ1n) is 12.0. The minimum atomic E-state index is 0.0412. The number of ether oxygens (including phenoxy) is 1. The Kier molecular flexibility index (Phi) is 6.25. The molecule has 5 rings (SSSR count). The van der Waals surface area contributed by atoms with E-state index in [1.54, 1.807) is 0 Å². The minimum absolute atomic E-state index is 0.0412. The first kappa shape index (κ1) is 20.9. The number of rotatable bonds is 5. The van der Waals surface area contributed by atoms with Crippen molar-refractivity contribution < 1.29 is 9.53 Å². The van der Waals surface area contributed by atoms with Crippen molar-refractivity contribution in [2.45, 2.75) is 45.2 Å². The zero-order chi connectivity index (χ0) is 21.2. The van der Waals surface area contributed by atoms with E-state index in [2.05, 4.69) is 21.1 Å². The number of hydrogen-bond donors (Lipinski definition) is 0. The number of carbonyl (C=O) groups is 1. The van der Waals surface area contributed by atoms with Crippen LogP contribution >= 0.6 is 0 Å². The predicted octanol–water partition coefficient (Wildman–Crippen LogP) is 2.50. The molecule has 0 spiro atoms. The van der Waals surface area contributed by atoms with E-state index in [-0.39, 0.29) is 5.91 Å². The van der Waals surface area contributed by atoms with E-state index in [0.717, 1.165) is 36.9 Å². The highest BCUT2D eigenvalue weighted by Gasteiger charge is 2.31. The van der Waals surface area contributed by atoms with Crippen LogP contribution in [0.2, 0.25) is 0 Å². The number of nitrogens with zero attached hydrogens (tertiary/aromatic N) is 5. The molecule has 7 heteroatoms. The number of aromatic nitrogens is 2. The lowest BCUT2D eigenvalue weighted by molar-refractivity contribution is 0.0297. The summed E-state index contributed by atoms with van der Waals surface area (Å²) >= 11 is 0. The zero-order valence-electron chi connectivity index (χ0n) is 18.7. The standard InChI is InChI=1S/C24H35N5O2/c1-19(27-9-4-5-10-27)20-7-12-26(13-8-20)18-21-23(24(30)28-14-16-31-17-15-28)25-22-6-2-3-11-29(21)22/h2-3,6,11,19-20H,4-5,7-10,12-18H2,1H3/t19-/m1/s1. The highest BCUT2D eigenvalue weighted by atomic mass is 16.5. The monoisotopic (exact) mass is 425 g/mol. The van der Waals surface area contributed by atoms with Crippen LogP contribution in [0.1, 0.15) is 48.8 Å². The van der Waals surface area contributed by atoms with Crippen molar-refractivity contribution in [3.63, 3.8) is 0 Å². The quantitative estimate of drug-likeness (QED) is 0.737. The van der Waals surface area contributed by atoms with Crippen LogP contribution in [0.5, 0.6) is 0 Å². The Morgan fingerprint density at radius 1 is 1.10 bits per heavy atom. The molecule has 1 atom stereocenters. The van der Waals surface area contributed by atoms with Crippen LogP contribution in [0.25, 0.3) is 5.65 Å². The molecule has 0 unspecified atom stereocenters. The Morgan fingerprint density at radius 2 is 1.84 bits per heavy atom. The lowest BCUT2D eigenvalue weighted by Crippen LogP contribution is -2.43. The summed E-state index contributed by atoms with van der Waals surface area (Å²) < 4.78 is 7.54. The third kappa shape index (κ3) is 4.36. The van der Waals surface area contributed by atoms with Gasteiger partial charge in [-0.15, -0.1) is 0 Å². The average molecular weight is 426 g/mol. The normalized spacial score (nSPS) is 22.9. The number of amides is 1. The van der Waals surface area contributed by atoms with Crippen molar-refractivity contribution in [3.05, 3.63) is 35.8 Å². The summed E-state index contributed by atoms with van der Waals surface area (Å²) in [6, 6.07) is 6.69. The highest BCUT2D eigenvalue weighted by Crippen LogP contribution is 2.28. The molecule has 0 bridgehead atoms. The van der Waals surface area contributed by atoms with E-state index in [1.165, 1.54) is 38.8 Å². The molecule has 0 N–H and O–H groups in total. The molecule has 3 fully saturated rings. The summed E-state index contributed by atoms with van der Waals surface area (Å²) in [6.07, 6.45) is 7.23. The van der Waals surface area contributed by atoms with Crippen LogP contribution in [0, 0.1) is 5.92 Å². The van der Waals surface area contributed by atoms with Crippen LogP contribution in [-0.2, 0) is 11.3 Å². The SMILES string of the molecule is C[C@H](C1CCN(Cc2c(C(=O)N3CCOCC3)nc3ccccn23)CC1)N1CCCC1. The second-order valence-electron chi connectivity index (χ2n) is 9.34. The van der Waals surface area contributed by atoms with Crippen LogP contribution in [0.3, 0.4) is 0 Å². The molecule has 0 saturated carbocycles. The molecule has 1 amide bonds. The molecule has 168 valence electrons.